The Morgan fingerprint density at radius 3 is 2.77 bits per heavy atom. The van der Waals surface area contributed by atoms with E-state index in [9.17, 15) is 0 Å². The summed E-state index contributed by atoms with van der Waals surface area (Å²) in [7, 11) is 0. The van der Waals surface area contributed by atoms with Crippen molar-refractivity contribution in [1.82, 2.24) is 9.59 Å². The molecule has 5 nitrogen and oxygen atoms in total. The van der Waals surface area contributed by atoms with Gasteiger partial charge in [-0.1, -0.05) is 4.49 Å². The van der Waals surface area contributed by atoms with E-state index >= 15 is 0 Å². The van der Waals surface area contributed by atoms with E-state index in [1.54, 1.807) is 0 Å². The predicted molar refractivity (Wildman–Crippen MR) is 50.5 cm³/mol. The van der Waals surface area contributed by atoms with Crippen LogP contribution in [0.15, 0.2) is 0 Å². The second-order valence-corrected chi connectivity index (χ2v) is 3.12. The average Bonchev–Trinajstić information content (AvgIpc) is 2.52. The van der Waals surface area contributed by atoms with Crippen molar-refractivity contribution in [3.63, 3.8) is 0 Å². The molecule has 0 saturated heterocycles. The van der Waals surface area contributed by atoms with Crippen LogP contribution in [0.25, 0.3) is 0 Å². The van der Waals surface area contributed by atoms with Gasteiger partial charge in [-0.3, -0.25) is 0 Å². The lowest BCUT2D eigenvalue weighted by Crippen LogP contribution is -2.05. The van der Waals surface area contributed by atoms with Gasteiger partial charge in [-0.15, -0.1) is 5.10 Å². The lowest BCUT2D eigenvalue weighted by atomic mass is 10.5. The highest BCUT2D eigenvalue weighted by Gasteiger charge is 2.02. The highest BCUT2D eigenvalue weighted by Crippen LogP contribution is 2.12. The number of nitrogens with two attached hydrogens (primary N) is 1. The summed E-state index contributed by atoms with van der Waals surface area (Å²) in [5.41, 5.74) is 6.27. The minimum absolute atomic E-state index is 0.412. The lowest BCUT2D eigenvalue weighted by molar-refractivity contribution is 0.0443. The molecule has 0 aliphatic carbocycles. The average molecular weight is 203 g/mol. The van der Waals surface area contributed by atoms with Crippen LogP contribution in [-0.4, -0.2) is 29.4 Å². The standard InChI is InChI=1S/C7H13N3O2S/c1-2-11-3-4-12-5-6-7(8)13-10-9-6/h2-5,8H2,1H3. The van der Waals surface area contributed by atoms with Gasteiger partial charge in [0.15, 0.2) is 0 Å². The SMILES string of the molecule is CCOCCOCc1nnsc1N. The number of ether oxygens (including phenoxy) is 2. The van der Waals surface area contributed by atoms with Crippen molar-refractivity contribution in [3.05, 3.63) is 5.69 Å². The summed E-state index contributed by atoms with van der Waals surface area (Å²) >= 11 is 1.18. The predicted octanol–water partition coefficient (Wildman–Crippen LogP) is 0.673. The maximum absolute atomic E-state index is 5.56. The van der Waals surface area contributed by atoms with E-state index in [1.165, 1.54) is 11.5 Å². The molecule has 1 heterocycles. The van der Waals surface area contributed by atoms with E-state index in [1.807, 2.05) is 6.92 Å². The molecule has 2 N–H and O–H groups in total. The summed E-state index contributed by atoms with van der Waals surface area (Å²) in [5, 5.41) is 4.43. The van der Waals surface area contributed by atoms with Crippen LogP contribution in [0.3, 0.4) is 0 Å². The van der Waals surface area contributed by atoms with Crippen LogP contribution < -0.4 is 5.73 Å². The summed E-state index contributed by atoms with van der Waals surface area (Å²) < 4.78 is 14.0. The molecule has 1 aromatic rings. The zero-order valence-electron chi connectivity index (χ0n) is 7.52. The molecule has 0 aliphatic rings. The topological polar surface area (TPSA) is 70.3 Å². The second kappa shape index (κ2) is 5.85. The molecule has 74 valence electrons. The minimum atomic E-state index is 0.412. The van der Waals surface area contributed by atoms with E-state index in [4.69, 9.17) is 15.2 Å². The Labute approximate surface area is 81.0 Å². The third kappa shape index (κ3) is 3.67. The molecule has 0 atom stereocenters. The molecule has 13 heavy (non-hydrogen) atoms. The molecule has 0 aromatic carbocycles. The number of aromatic nitrogens is 2. The minimum Gasteiger partial charge on any atom is -0.388 e. The molecule has 0 amide bonds. The van der Waals surface area contributed by atoms with Crippen LogP contribution in [0.1, 0.15) is 12.6 Å². The van der Waals surface area contributed by atoms with Gasteiger partial charge < -0.3 is 15.2 Å². The smallest absolute Gasteiger partial charge is 0.133 e. The van der Waals surface area contributed by atoms with Crippen LogP contribution in [0.5, 0.6) is 0 Å². The van der Waals surface area contributed by atoms with Crippen molar-refractivity contribution in [2.24, 2.45) is 0 Å². The summed E-state index contributed by atoms with van der Waals surface area (Å²) in [5.74, 6) is 0. The Balaban J connectivity index is 2.10. The van der Waals surface area contributed by atoms with Crippen molar-refractivity contribution >= 4 is 16.5 Å². The summed E-state index contributed by atoms with van der Waals surface area (Å²) in [6.45, 7) is 4.24. The van der Waals surface area contributed by atoms with Crippen molar-refractivity contribution in [2.45, 2.75) is 13.5 Å². The Morgan fingerprint density at radius 2 is 2.15 bits per heavy atom. The van der Waals surface area contributed by atoms with Crippen molar-refractivity contribution < 1.29 is 9.47 Å². The Bertz CT molecular complexity index is 241. The maximum atomic E-state index is 5.56. The monoisotopic (exact) mass is 203 g/mol. The third-order valence-electron chi connectivity index (χ3n) is 1.40. The maximum Gasteiger partial charge on any atom is 0.133 e. The van der Waals surface area contributed by atoms with Gasteiger partial charge in [-0.25, -0.2) is 0 Å². The Kier molecular flexibility index (Phi) is 4.66. The van der Waals surface area contributed by atoms with Crippen LogP contribution >= 0.6 is 11.5 Å². The summed E-state index contributed by atoms with van der Waals surface area (Å²) in [6.07, 6.45) is 0. The number of anilines is 1. The molecule has 0 saturated carbocycles. The molecule has 0 unspecified atom stereocenters. The van der Waals surface area contributed by atoms with E-state index in [2.05, 4.69) is 9.59 Å². The van der Waals surface area contributed by atoms with Crippen LogP contribution in [0, 0.1) is 0 Å². The largest absolute Gasteiger partial charge is 0.388 e. The van der Waals surface area contributed by atoms with Gasteiger partial charge in [-0.2, -0.15) is 0 Å². The van der Waals surface area contributed by atoms with E-state index in [0.717, 1.165) is 0 Å². The van der Waals surface area contributed by atoms with E-state index in [0.29, 0.717) is 37.1 Å². The zero-order valence-corrected chi connectivity index (χ0v) is 8.34. The first-order chi connectivity index (χ1) is 6.34. The molecule has 0 aliphatic heterocycles. The third-order valence-corrected chi connectivity index (χ3v) is 2.00. The first-order valence-electron chi connectivity index (χ1n) is 4.06. The van der Waals surface area contributed by atoms with Crippen LogP contribution in [0.4, 0.5) is 5.00 Å². The highest BCUT2D eigenvalue weighted by molar-refractivity contribution is 7.09. The quantitative estimate of drug-likeness (QED) is 0.688. The van der Waals surface area contributed by atoms with E-state index < -0.39 is 0 Å². The van der Waals surface area contributed by atoms with Gasteiger partial charge in [0, 0.05) is 18.1 Å². The zero-order chi connectivity index (χ0) is 9.52. The fraction of sp³-hybridized carbons (Fsp3) is 0.714. The number of rotatable bonds is 6. The van der Waals surface area contributed by atoms with Crippen molar-refractivity contribution in [3.8, 4) is 0 Å². The summed E-state index contributed by atoms with van der Waals surface area (Å²) in [6, 6.07) is 0. The Hall–Kier alpha value is -0.720. The van der Waals surface area contributed by atoms with Crippen molar-refractivity contribution in [1.29, 1.82) is 0 Å². The molecule has 0 spiro atoms. The van der Waals surface area contributed by atoms with Crippen LogP contribution in [-0.2, 0) is 16.1 Å². The van der Waals surface area contributed by atoms with Crippen LogP contribution in [0.2, 0.25) is 0 Å². The molecule has 0 bridgehead atoms. The molecule has 1 aromatic heterocycles. The normalized spacial score (nSPS) is 10.5. The molecular formula is C7H13N3O2S. The molecule has 0 fully saturated rings. The second-order valence-electron chi connectivity index (χ2n) is 2.33. The number of hydrogen-bond donors (Lipinski definition) is 1. The molecule has 6 heteroatoms. The Morgan fingerprint density at radius 1 is 1.38 bits per heavy atom. The lowest BCUT2D eigenvalue weighted by Gasteiger charge is -2.01. The van der Waals surface area contributed by atoms with Gasteiger partial charge >= 0.3 is 0 Å². The van der Waals surface area contributed by atoms with Gasteiger partial charge in [-0.05, 0) is 6.92 Å². The molecule has 1 rings (SSSR count). The van der Waals surface area contributed by atoms with Gasteiger partial charge in [0.05, 0.1) is 19.8 Å². The summed E-state index contributed by atoms with van der Waals surface area (Å²) in [4.78, 5) is 0. The number of nitrogen functional groups attached to an aromatic ring is 1. The molecule has 0 radical (unpaired) electrons. The van der Waals surface area contributed by atoms with Gasteiger partial charge in [0.25, 0.3) is 0 Å². The fourth-order valence-electron chi connectivity index (χ4n) is 0.747. The fourth-order valence-corrected chi connectivity index (χ4v) is 1.18. The number of nitrogens with zero attached hydrogens (tertiary/aromatic N) is 2. The first-order valence-corrected chi connectivity index (χ1v) is 4.84. The first kappa shape index (κ1) is 10.4. The van der Waals surface area contributed by atoms with Gasteiger partial charge in [0.2, 0.25) is 0 Å². The highest BCUT2D eigenvalue weighted by atomic mass is 32.1. The van der Waals surface area contributed by atoms with Gasteiger partial charge in [0.1, 0.15) is 10.7 Å². The van der Waals surface area contributed by atoms with E-state index in [-0.39, 0.29) is 0 Å². The van der Waals surface area contributed by atoms with Crippen molar-refractivity contribution in [2.75, 3.05) is 25.6 Å². The molecular weight excluding hydrogens is 190 g/mol. The number of hydrogen-bond acceptors (Lipinski definition) is 6.